The van der Waals surface area contributed by atoms with Gasteiger partial charge in [-0.3, -0.25) is 10.1 Å². The molecule has 0 aliphatic heterocycles. The van der Waals surface area contributed by atoms with Crippen LogP contribution in [0, 0.1) is 10.1 Å². The molecule has 1 aromatic carbocycles. The molecule has 1 rings (SSSR count). The number of nitrogens with two attached hydrogens (primary N) is 1. The largest absolute Gasteiger partial charge is 0.479 e. The maximum atomic E-state index is 12.1. The van der Waals surface area contributed by atoms with Crippen LogP contribution in [0.1, 0.15) is 26.3 Å². The molecular formula is C14H18N2O6. The minimum Gasteiger partial charge on any atom is -0.479 e. The highest BCUT2D eigenvalue weighted by Crippen LogP contribution is 2.21. The van der Waals surface area contributed by atoms with Crippen LogP contribution in [0.15, 0.2) is 24.3 Å². The molecule has 1 aromatic rings. The van der Waals surface area contributed by atoms with E-state index in [1.54, 1.807) is 20.8 Å². The zero-order valence-electron chi connectivity index (χ0n) is 12.5. The van der Waals surface area contributed by atoms with Crippen molar-refractivity contribution < 1.29 is 24.4 Å². The van der Waals surface area contributed by atoms with Crippen molar-refractivity contribution in [2.45, 2.75) is 38.3 Å². The summed E-state index contributed by atoms with van der Waals surface area (Å²) in [5.74, 6) is -2.66. The summed E-state index contributed by atoms with van der Waals surface area (Å²) in [7, 11) is 0. The second kappa shape index (κ2) is 6.10. The SMILES string of the molecule is CC(C)(C)OC(=O)C(N)(Cc1cccc([N+](=O)[O-])c1)C(=O)O. The Morgan fingerprint density at radius 1 is 1.36 bits per heavy atom. The van der Waals surface area contributed by atoms with E-state index >= 15 is 0 Å². The Kier molecular flexibility index (Phi) is 4.87. The first-order valence-corrected chi connectivity index (χ1v) is 6.45. The molecule has 0 heterocycles. The third kappa shape index (κ3) is 4.26. The summed E-state index contributed by atoms with van der Waals surface area (Å²) in [4.78, 5) is 33.6. The van der Waals surface area contributed by atoms with Gasteiger partial charge in [0.15, 0.2) is 0 Å². The third-order valence-corrected chi connectivity index (χ3v) is 2.75. The topological polar surface area (TPSA) is 133 Å². The van der Waals surface area contributed by atoms with Crippen molar-refractivity contribution in [3.63, 3.8) is 0 Å². The average Bonchev–Trinajstić information content (AvgIpc) is 2.36. The fourth-order valence-corrected chi connectivity index (χ4v) is 1.71. The minimum absolute atomic E-state index is 0.213. The van der Waals surface area contributed by atoms with Crippen LogP contribution in [0.4, 0.5) is 5.69 Å². The molecule has 8 nitrogen and oxygen atoms in total. The number of carbonyl (C=O) groups is 2. The zero-order valence-corrected chi connectivity index (χ0v) is 12.5. The lowest BCUT2D eigenvalue weighted by atomic mass is 9.91. The summed E-state index contributed by atoms with van der Waals surface area (Å²) < 4.78 is 5.04. The first-order chi connectivity index (χ1) is 9.95. The van der Waals surface area contributed by atoms with E-state index in [-0.39, 0.29) is 11.3 Å². The first kappa shape index (κ1) is 17.6. The lowest BCUT2D eigenvalue weighted by Gasteiger charge is -2.28. The van der Waals surface area contributed by atoms with Crippen molar-refractivity contribution >= 4 is 17.6 Å². The van der Waals surface area contributed by atoms with E-state index in [0.29, 0.717) is 0 Å². The van der Waals surface area contributed by atoms with Crippen LogP contribution in [0.5, 0.6) is 0 Å². The van der Waals surface area contributed by atoms with Crippen molar-refractivity contribution in [3.05, 3.63) is 39.9 Å². The number of esters is 1. The number of benzene rings is 1. The number of carbonyl (C=O) groups excluding carboxylic acids is 1. The molecule has 0 aliphatic carbocycles. The predicted octanol–water partition coefficient (Wildman–Crippen LogP) is 1.26. The number of nitrogens with zero attached hydrogens (tertiary/aromatic N) is 1. The molecule has 0 saturated heterocycles. The number of aliphatic carboxylic acids is 1. The van der Waals surface area contributed by atoms with Crippen molar-refractivity contribution in [1.82, 2.24) is 0 Å². The van der Waals surface area contributed by atoms with Crippen LogP contribution in [-0.4, -0.2) is 33.1 Å². The lowest BCUT2D eigenvalue weighted by molar-refractivity contribution is -0.384. The summed E-state index contributed by atoms with van der Waals surface area (Å²) in [6.07, 6.45) is -0.418. The Labute approximate surface area is 127 Å². The smallest absolute Gasteiger partial charge is 0.338 e. The number of hydrogen-bond donors (Lipinski definition) is 2. The average molecular weight is 310 g/mol. The second-order valence-corrected chi connectivity index (χ2v) is 5.88. The number of ether oxygens (including phenoxy) is 1. The van der Waals surface area contributed by atoms with E-state index < -0.39 is 34.4 Å². The van der Waals surface area contributed by atoms with Gasteiger partial charge in [0, 0.05) is 18.6 Å². The molecule has 120 valence electrons. The van der Waals surface area contributed by atoms with E-state index in [4.69, 9.17) is 10.5 Å². The van der Waals surface area contributed by atoms with Crippen LogP contribution in [0.3, 0.4) is 0 Å². The van der Waals surface area contributed by atoms with Gasteiger partial charge in [-0.25, -0.2) is 9.59 Å². The van der Waals surface area contributed by atoms with Gasteiger partial charge in [-0.1, -0.05) is 12.1 Å². The molecule has 1 atom stereocenters. The quantitative estimate of drug-likeness (QED) is 0.362. The summed E-state index contributed by atoms with van der Waals surface area (Å²) in [6.45, 7) is 4.75. The highest BCUT2D eigenvalue weighted by atomic mass is 16.6. The van der Waals surface area contributed by atoms with Crippen LogP contribution in [0.25, 0.3) is 0 Å². The number of carboxylic acid groups (broad SMARTS) is 1. The molecule has 0 spiro atoms. The number of nitro benzene ring substituents is 1. The van der Waals surface area contributed by atoms with Gasteiger partial charge in [-0.15, -0.1) is 0 Å². The molecule has 0 saturated carbocycles. The fourth-order valence-electron chi connectivity index (χ4n) is 1.71. The molecule has 22 heavy (non-hydrogen) atoms. The van der Waals surface area contributed by atoms with Crippen LogP contribution < -0.4 is 5.73 Å². The Morgan fingerprint density at radius 3 is 2.41 bits per heavy atom. The number of non-ortho nitro benzene ring substituents is 1. The Hall–Kier alpha value is -2.48. The molecule has 0 fully saturated rings. The third-order valence-electron chi connectivity index (χ3n) is 2.75. The van der Waals surface area contributed by atoms with Crippen molar-refractivity contribution in [1.29, 1.82) is 0 Å². The van der Waals surface area contributed by atoms with E-state index in [1.807, 2.05) is 0 Å². The van der Waals surface area contributed by atoms with Gasteiger partial charge >= 0.3 is 11.9 Å². The van der Waals surface area contributed by atoms with Gasteiger partial charge in [0.1, 0.15) is 5.60 Å². The van der Waals surface area contributed by atoms with E-state index in [0.717, 1.165) is 0 Å². The monoisotopic (exact) mass is 310 g/mol. The molecule has 1 unspecified atom stereocenters. The van der Waals surface area contributed by atoms with Gasteiger partial charge in [0.2, 0.25) is 5.54 Å². The Bertz CT molecular complexity index is 608. The van der Waals surface area contributed by atoms with Gasteiger partial charge in [-0.05, 0) is 26.3 Å². The minimum atomic E-state index is -2.32. The Morgan fingerprint density at radius 2 is 1.95 bits per heavy atom. The zero-order chi connectivity index (χ0) is 17.1. The molecule has 0 amide bonds. The van der Waals surface area contributed by atoms with Gasteiger partial charge < -0.3 is 15.6 Å². The molecule has 0 radical (unpaired) electrons. The normalized spacial score (nSPS) is 14.0. The maximum Gasteiger partial charge on any atom is 0.338 e. The Balaban J connectivity index is 3.11. The lowest BCUT2D eigenvalue weighted by Crippen LogP contribution is -2.58. The number of carboxylic acids is 1. The van der Waals surface area contributed by atoms with Gasteiger partial charge in [-0.2, -0.15) is 0 Å². The standard InChI is InChI=1S/C14H18N2O6/c1-13(2,3)22-12(19)14(15,11(17)18)8-9-5-4-6-10(7-9)16(20)21/h4-7H,8,15H2,1-3H3,(H,17,18). The molecule has 3 N–H and O–H groups in total. The predicted molar refractivity (Wildman–Crippen MR) is 77.2 cm³/mol. The highest BCUT2D eigenvalue weighted by molar-refractivity contribution is 6.04. The van der Waals surface area contributed by atoms with Crippen molar-refractivity contribution in [2.24, 2.45) is 5.73 Å². The van der Waals surface area contributed by atoms with E-state index in [9.17, 15) is 24.8 Å². The molecule has 0 aromatic heterocycles. The summed E-state index contributed by atoms with van der Waals surface area (Å²) >= 11 is 0. The molecule has 8 heteroatoms. The number of nitro groups is 1. The van der Waals surface area contributed by atoms with Crippen molar-refractivity contribution in [3.8, 4) is 0 Å². The maximum absolute atomic E-state index is 12.1. The highest BCUT2D eigenvalue weighted by Gasteiger charge is 2.45. The molecule has 0 aliphatic rings. The summed E-state index contributed by atoms with van der Waals surface area (Å²) in [6, 6.07) is 5.29. The number of rotatable bonds is 5. The fraction of sp³-hybridized carbons (Fsp3) is 0.429. The molecular weight excluding hydrogens is 292 g/mol. The summed E-state index contributed by atoms with van der Waals surface area (Å²) in [5, 5.41) is 20.0. The van der Waals surface area contributed by atoms with Gasteiger partial charge in [0.25, 0.3) is 5.69 Å². The van der Waals surface area contributed by atoms with E-state index in [1.165, 1.54) is 24.3 Å². The van der Waals surface area contributed by atoms with Crippen LogP contribution >= 0.6 is 0 Å². The second-order valence-electron chi connectivity index (χ2n) is 5.88. The first-order valence-electron chi connectivity index (χ1n) is 6.45. The number of hydrogen-bond acceptors (Lipinski definition) is 6. The summed E-state index contributed by atoms with van der Waals surface area (Å²) in [5.41, 5.74) is 2.53. The van der Waals surface area contributed by atoms with E-state index in [2.05, 4.69) is 0 Å². The van der Waals surface area contributed by atoms with Gasteiger partial charge in [0.05, 0.1) is 4.92 Å². The van der Waals surface area contributed by atoms with Crippen LogP contribution in [-0.2, 0) is 20.7 Å². The molecule has 0 bridgehead atoms. The van der Waals surface area contributed by atoms with Crippen molar-refractivity contribution in [2.75, 3.05) is 0 Å². The van der Waals surface area contributed by atoms with Crippen LogP contribution in [0.2, 0.25) is 0 Å².